The van der Waals surface area contributed by atoms with Crippen molar-refractivity contribution in [2.75, 3.05) is 6.26 Å². The van der Waals surface area contributed by atoms with E-state index in [4.69, 9.17) is 26.2 Å². The van der Waals surface area contributed by atoms with Crippen LogP contribution < -0.4 is 0 Å². The molecule has 0 heterocycles. The van der Waals surface area contributed by atoms with Crippen LogP contribution in [0.25, 0.3) is 0 Å². The molecular weight excluding hydrogens is 170 g/mol. The molecule has 0 aromatic heterocycles. The molecule has 9 heavy (non-hydrogen) atoms. The summed E-state index contributed by atoms with van der Waals surface area (Å²) in [6, 6.07) is 0. The van der Waals surface area contributed by atoms with Crippen molar-refractivity contribution in [1.29, 1.82) is 4.78 Å². The molecule has 0 saturated heterocycles. The number of rotatable bonds is 0. The van der Waals surface area contributed by atoms with Crippen LogP contribution in [0.15, 0.2) is 0 Å². The molecule has 0 bridgehead atoms. The molecule has 0 aliphatic rings. The summed E-state index contributed by atoms with van der Waals surface area (Å²) in [4.78, 5) is 0. The van der Waals surface area contributed by atoms with Gasteiger partial charge in [0.2, 0.25) is 0 Å². The number of hydrogen-bond donors (Lipinski definition) is 1. The lowest BCUT2D eigenvalue weighted by molar-refractivity contribution is 0.470. The van der Waals surface area contributed by atoms with Crippen molar-refractivity contribution < 1.29 is 21.4 Å². The van der Waals surface area contributed by atoms with Crippen molar-refractivity contribution in [2.24, 2.45) is 0 Å². The summed E-state index contributed by atoms with van der Waals surface area (Å²) in [7, 11) is -6.53. The molecule has 8 heteroatoms. The summed E-state index contributed by atoms with van der Waals surface area (Å²) in [6.45, 7) is 0. The molecule has 0 fully saturated rings. The van der Waals surface area contributed by atoms with Gasteiger partial charge in [0.25, 0.3) is 0 Å². The molecule has 0 aromatic carbocycles. The Morgan fingerprint density at radius 1 is 1.44 bits per heavy atom. The van der Waals surface area contributed by atoms with Gasteiger partial charge in [-0.2, -0.15) is 13.2 Å². The first kappa shape index (κ1) is 11.3. The first-order valence-electron chi connectivity index (χ1n) is 1.45. The summed E-state index contributed by atoms with van der Waals surface area (Å²) < 4.78 is 50.1. The van der Waals surface area contributed by atoms with Crippen LogP contribution >= 0.6 is 0 Å². The van der Waals surface area contributed by atoms with Crippen molar-refractivity contribution >= 4 is 20.6 Å². The third-order valence-electron chi connectivity index (χ3n) is 0. The molecule has 0 rings (SSSR count). The second-order valence-corrected chi connectivity index (χ2v) is 2.82. The fourth-order valence-corrected chi connectivity index (χ4v) is 0. The van der Waals surface area contributed by atoms with Crippen molar-refractivity contribution in [2.45, 2.75) is 0 Å². The van der Waals surface area contributed by atoms with Crippen molar-refractivity contribution in [3.8, 4) is 0 Å². The Kier molecular flexibility index (Phi) is 5.56. The fourth-order valence-electron chi connectivity index (χ4n) is 0. The molecule has 0 saturated carbocycles. The highest BCUT2D eigenvalue weighted by Gasteiger charge is 1.65. The maximum atomic E-state index is 9.08. The maximum absolute atomic E-state index is 9.08. The number of nitrogens with one attached hydrogen (secondary N) is 1. The van der Waals surface area contributed by atoms with Crippen LogP contribution in [0.5, 0.6) is 0 Å². The molecule has 0 aromatic rings. The minimum atomic E-state index is -3.92. The molecule has 0 aliphatic carbocycles. The summed E-state index contributed by atoms with van der Waals surface area (Å²) >= 11 is 0. The first-order valence-corrected chi connectivity index (χ1v) is 4.34. The Hall–Kier alpha value is -0.470. The zero-order valence-electron chi connectivity index (χ0n) is 4.36. The average Bonchev–Trinajstić information content (AvgIpc) is 1.19. The van der Waals surface area contributed by atoms with Gasteiger partial charge in [-0.15, -0.1) is 0 Å². The third-order valence-corrected chi connectivity index (χ3v) is 0. The van der Waals surface area contributed by atoms with Gasteiger partial charge in [0.05, 0.1) is 10.1 Å². The molecule has 0 atom stereocenters. The first-order chi connectivity index (χ1) is 3.73. The molecule has 1 N–H and O–H groups in total. The third kappa shape index (κ3) is 1040. The topological polar surface area (TPSA) is 115 Å². The van der Waals surface area contributed by atoms with E-state index >= 15 is 0 Å². The fraction of sp³-hybridized carbons (Fsp3) is 1.00. The van der Waals surface area contributed by atoms with Gasteiger partial charge in [0.1, 0.15) is 0 Å². The summed E-state index contributed by atoms with van der Waals surface area (Å²) in [5, 5.41) is 0. The zero-order valence-corrected chi connectivity index (χ0v) is 5.99. The van der Waals surface area contributed by atoms with Gasteiger partial charge in [-0.05, 0) is 0 Å². The molecule has 0 aliphatic heterocycles. The Morgan fingerprint density at radius 2 is 1.44 bits per heavy atom. The molecule has 0 radical (unpaired) electrons. The lowest BCUT2D eigenvalue weighted by Gasteiger charge is -1.90. The van der Waals surface area contributed by atoms with Crippen molar-refractivity contribution in [3.63, 3.8) is 0 Å². The predicted molar refractivity (Wildman–Crippen MR) is 27.3 cm³/mol. The highest BCUT2D eigenvalue weighted by Crippen LogP contribution is 1.59. The highest BCUT2D eigenvalue weighted by atomic mass is 32.2. The zero-order chi connectivity index (χ0) is 8.08. The quantitative estimate of drug-likeness (QED) is 0.462. The summed E-state index contributed by atoms with van der Waals surface area (Å²) in [5.41, 5.74) is 0. The largest absolute Gasteiger partial charge is 0.748 e. The monoisotopic (exact) mass is 174 g/mol. The van der Waals surface area contributed by atoms with E-state index in [-0.39, 0.29) is 0 Å². The van der Waals surface area contributed by atoms with Crippen molar-refractivity contribution in [1.82, 2.24) is 0 Å². The molecule has 0 unspecified atom stereocenters. The molecule has 56 valence electrons. The smallest absolute Gasteiger partial charge is 0.308 e. The van der Waals surface area contributed by atoms with Crippen LogP contribution in [0.4, 0.5) is 0 Å². The second kappa shape index (κ2) is 4.41. The van der Waals surface area contributed by atoms with Crippen LogP contribution in [-0.2, 0) is 20.6 Å². The van der Waals surface area contributed by atoms with Gasteiger partial charge >= 0.3 is 10.5 Å². The lowest BCUT2D eigenvalue weighted by Crippen LogP contribution is -1.88. The Morgan fingerprint density at radius 3 is 1.44 bits per heavy atom. The minimum Gasteiger partial charge on any atom is -0.748 e. The van der Waals surface area contributed by atoms with Crippen LogP contribution in [-0.4, -0.2) is 27.6 Å². The normalized spacial score (nSPS) is 9.11. The summed E-state index contributed by atoms with van der Waals surface area (Å²) in [5.74, 6) is 0. The van der Waals surface area contributed by atoms with E-state index in [1.165, 1.54) is 0 Å². The average molecular weight is 174 g/mol. The lowest BCUT2D eigenvalue weighted by atomic mass is 12.0. The molecule has 6 nitrogen and oxygen atoms in total. The van der Waals surface area contributed by atoms with E-state index < -0.39 is 20.6 Å². The van der Waals surface area contributed by atoms with Gasteiger partial charge in [-0.1, -0.05) is 0 Å². The van der Waals surface area contributed by atoms with Crippen LogP contribution in [0.1, 0.15) is 0 Å². The van der Waals surface area contributed by atoms with Crippen LogP contribution in [0.2, 0.25) is 0 Å². The van der Waals surface area contributed by atoms with E-state index in [0.717, 1.165) is 0 Å². The van der Waals surface area contributed by atoms with Gasteiger partial charge in [-0.3, -0.25) is 0 Å². The Bertz CT molecular complexity index is 228. The van der Waals surface area contributed by atoms with Gasteiger partial charge in [-0.25, -0.2) is 8.42 Å². The standard InChI is InChI=1S/CH4O3S.HNO2S/c1-5(2,3)4;1-4(2)3/h1H3,(H,2,3,4);1H/p-1. The maximum Gasteiger partial charge on any atom is 0.308 e. The Balaban J connectivity index is 0. The van der Waals surface area contributed by atoms with Crippen LogP contribution in [0, 0.1) is 4.78 Å². The van der Waals surface area contributed by atoms with E-state index in [1.54, 1.807) is 0 Å². The van der Waals surface area contributed by atoms with Gasteiger partial charge in [0.15, 0.2) is 0 Å². The van der Waals surface area contributed by atoms with E-state index in [2.05, 4.69) is 0 Å². The molecular formula is CH4NO5S2-. The number of hydrogen-bond acceptors (Lipinski definition) is 6. The minimum absolute atomic E-state index is 0.604. The second-order valence-electron chi connectivity index (χ2n) is 0.939. The van der Waals surface area contributed by atoms with Gasteiger partial charge < -0.3 is 4.55 Å². The van der Waals surface area contributed by atoms with Crippen LogP contribution in [0.3, 0.4) is 0 Å². The highest BCUT2D eigenvalue weighted by molar-refractivity contribution is 7.84. The van der Waals surface area contributed by atoms with Crippen molar-refractivity contribution in [3.05, 3.63) is 0 Å². The van der Waals surface area contributed by atoms with E-state index in [9.17, 15) is 0 Å². The molecule has 0 amide bonds. The predicted octanol–water partition coefficient (Wildman–Crippen LogP) is -1.21. The SMILES string of the molecule is CS(=O)(=O)[O-].N=S(=O)=O. The van der Waals surface area contributed by atoms with Gasteiger partial charge in [0, 0.05) is 6.26 Å². The summed E-state index contributed by atoms with van der Waals surface area (Å²) in [6.07, 6.45) is 0.604. The Labute approximate surface area is 53.8 Å². The molecule has 0 spiro atoms. The van der Waals surface area contributed by atoms with E-state index in [0.29, 0.717) is 6.26 Å². The van der Waals surface area contributed by atoms with E-state index in [1.807, 2.05) is 0 Å².